The molecule has 0 N–H and O–H groups in total. The quantitative estimate of drug-likeness (QED) is 0.117. The van der Waals surface area contributed by atoms with E-state index in [2.05, 4.69) is 27.7 Å². The van der Waals surface area contributed by atoms with Gasteiger partial charge in [-0.3, -0.25) is 9.59 Å². The molecule has 0 aromatic heterocycles. The van der Waals surface area contributed by atoms with Gasteiger partial charge in [-0.25, -0.2) is 0 Å². The summed E-state index contributed by atoms with van der Waals surface area (Å²) in [5.74, 6) is -4.84. The Kier molecular flexibility index (Phi) is 32.2. The van der Waals surface area contributed by atoms with Crippen LogP contribution in [0.1, 0.15) is 119 Å². The maximum atomic E-state index is 10.8. The Bertz CT molecular complexity index is 465. The third kappa shape index (κ3) is 29.1. The van der Waals surface area contributed by atoms with Crippen LogP contribution in [0.5, 0.6) is 0 Å². The number of carboxylic acid groups (broad SMARTS) is 2. The van der Waals surface area contributed by atoms with Crippen LogP contribution in [0.2, 0.25) is 0 Å². The number of rotatable bonds is 20. The van der Waals surface area contributed by atoms with Gasteiger partial charge in [-0.05, 0) is 26.7 Å². The Morgan fingerprint density at radius 1 is 0.600 bits per heavy atom. The van der Waals surface area contributed by atoms with Crippen LogP contribution in [0, 0.1) is 11.8 Å². The molecule has 0 spiro atoms. The number of carbonyl (C=O) groups is 4. The van der Waals surface area contributed by atoms with Crippen LogP contribution in [0.3, 0.4) is 0 Å². The van der Waals surface area contributed by atoms with Crippen molar-refractivity contribution in [1.82, 2.24) is 0 Å². The van der Waals surface area contributed by atoms with E-state index in [1.807, 2.05) is 0 Å². The normalized spacial score (nSPS) is 11.6. The van der Waals surface area contributed by atoms with E-state index in [4.69, 9.17) is 6.15 Å². The van der Waals surface area contributed by atoms with Crippen molar-refractivity contribution in [3.8, 4) is 0 Å². The van der Waals surface area contributed by atoms with Gasteiger partial charge in [0.15, 0.2) is 0 Å². The number of ketones is 2. The fourth-order valence-electron chi connectivity index (χ4n) is 2.85. The fourth-order valence-corrected chi connectivity index (χ4v) is 4.73. The van der Waals surface area contributed by atoms with E-state index in [9.17, 15) is 29.4 Å². The first-order valence-corrected chi connectivity index (χ1v) is 15.3. The Morgan fingerprint density at radius 2 is 0.943 bits per heavy atom. The molecular weight excluding hydrogens is 559 g/mol. The molecule has 2 unspecified atom stereocenters. The molecule has 9 heteroatoms. The summed E-state index contributed by atoms with van der Waals surface area (Å²) in [4.78, 5) is 42.6. The third-order valence-electron chi connectivity index (χ3n) is 4.97. The van der Waals surface area contributed by atoms with Gasteiger partial charge in [-0.2, -0.15) is 0 Å². The van der Waals surface area contributed by atoms with E-state index < -0.39 is 45.7 Å². The predicted molar refractivity (Wildman–Crippen MR) is 134 cm³/mol. The van der Waals surface area contributed by atoms with Gasteiger partial charge in [0.2, 0.25) is 0 Å². The summed E-state index contributed by atoms with van der Waals surface area (Å²) in [6.07, 6.45) is 11.1. The first-order valence-electron chi connectivity index (χ1n) is 13.0. The van der Waals surface area contributed by atoms with Crippen molar-refractivity contribution in [3.05, 3.63) is 0 Å². The molecular formula is C26H48O8Sn. The zero-order valence-corrected chi connectivity index (χ0v) is 25.7. The Labute approximate surface area is 224 Å². The van der Waals surface area contributed by atoms with Crippen molar-refractivity contribution in [1.29, 1.82) is 0 Å². The first kappa shape index (κ1) is 38.5. The van der Waals surface area contributed by atoms with Gasteiger partial charge in [0.25, 0.3) is 0 Å². The zero-order chi connectivity index (χ0) is 27.5. The molecule has 0 aliphatic rings. The second kappa shape index (κ2) is 29.2. The number of unbranched alkanes of at least 4 members (excludes halogenated alkanes) is 6. The molecule has 0 fully saturated rings. The summed E-state index contributed by atoms with van der Waals surface area (Å²) in [7, 11) is 0. The van der Waals surface area contributed by atoms with Crippen molar-refractivity contribution >= 4 is 45.5 Å². The van der Waals surface area contributed by atoms with Gasteiger partial charge in [0, 0.05) is 0 Å². The van der Waals surface area contributed by atoms with Gasteiger partial charge in [-0.15, -0.1) is 0 Å². The topological polar surface area (TPSA) is 133 Å². The molecule has 0 heterocycles. The molecule has 35 heavy (non-hydrogen) atoms. The van der Waals surface area contributed by atoms with E-state index in [1.165, 1.54) is 13.8 Å². The number of Topliss-reactive ketones (excluding diaryl/α,β-unsaturated/α-hetero) is 2. The number of carboxylic acids is 2. The van der Waals surface area contributed by atoms with Gasteiger partial charge in [0.1, 0.15) is 11.6 Å². The average molecular weight is 607 g/mol. The van der Waals surface area contributed by atoms with Crippen molar-refractivity contribution in [2.75, 3.05) is 13.2 Å². The van der Waals surface area contributed by atoms with E-state index in [0.717, 1.165) is 77.4 Å². The van der Waals surface area contributed by atoms with Crippen LogP contribution in [0.4, 0.5) is 0 Å². The predicted octanol–water partition coefficient (Wildman–Crippen LogP) is 3.20. The summed E-state index contributed by atoms with van der Waals surface area (Å²) in [5, 5.41) is 20.9. The first-order chi connectivity index (χ1) is 16.6. The van der Waals surface area contributed by atoms with Gasteiger partial charge in [0.05, 0.1) is 23.8 Å². The molecule has 0 aliphatic carbocycles. The minimum atomic E-state index is -1.23. The molecule has 0 amide bonds. The molecule has 0 bridgehead atoms. The Morgan fingerprint density at radius 3 is 1.17 bits per heavy atom. The summed E-state index contributed by atoms with van der Waals surface area (Å²) in [5.41, 5.74) is 0. The number of hydrogen-bond acceptors (Lipinski definition) is 8. The van der Waals surface area contributed by atoms with Crippen LogP contribution in [-0.2, 0) is 25.3 Å². The standard InChI is InChI=1S/2C10H18O3.2C3H7O.Sn/c2*1-3-4-5-6-7-9(8(2)11)10(12)13;2*1-2-3-4;/h2*9H,3-7H2,1-2H3,(H,12,13);2*2-3H2,1H3;/q;;2*-1;+4/p-2. The van der Waals surface area contributed by atoms with Gasteiger partial charge >= 0.3 is 68.0 Å². The van der Waals surface area contributed by atoms with E-state index in [-0.39, 0.29) is 11.6 Å². The molecule has 8 nitrogen and oxygen atoms in total. The van der Waals surface area contributed by atoms with Gasteiger partial charge < -0.3 is 19.8 Å². The zero-order valence-electron chi connectivity index (χ0n) is 22.8. The van der Waals surface area contributed by atoms with Crippen molar-refractivity contribution in [2.24, 2.45) is 11.8 Å². The minimum absolute atomic E-state index is 0.295. The van der Waals surface area contributed by atoms with Crippen molar-refractivity contribution < 1.29 is 35.5 Å². The van der Waals surface area contributed by atoms with Crippen LogP contribution in [0.25, 0.3) is 0 Å². The second-order valence-corrected chi connectivity index (χ2v) is 10.6. The molecule has 0 radical (unpaired) electrons. The van der Waals surface area contributed by atoms with E-state index in [1.54, 1.807) is 0 Å². The number of hydrogen-bond donors (Lipinski definition) is 0. The summed E-state index contributed by atoms with van der Waals surface area (Å²) in [6, 6.07) is 0. The van der Waals surface area contributed by atoms with Crippen LogP contribution in [0.15, 0.2) is 0 Å². The average Bonchev–Trinajstić information content (AvgIpc) is 2.79. The van der Waals surface area contributed by atoms with Crippen molar-refractivity contribution in [2.45, 2.75) is 119 Å². The molecule has 0 aromatic rings. The maximum absolute atomic E-state index is 10.8. The monoisotopic (exact) mass is 608 g/mol. The fraction of sp³-hybridized carbons (Fsp3) is 0.846. The van der Waals surface area contributed by atoms with E-state index >= 15 is 0 Å². The molecule has 0 aromatic carbocycles. The molecule has 204 valence electrons. The summed E-state index contributed by atoms with van der Waals surface area (Å²) in [6.45, 7) is 12.8. The molecule has 0 rings (SSSR count). The Balaban J connectivity index is -0.000000448. The SMILES string of the molecule is CCCCCCC(C(C)=O)C(=O)[O-].CCCCCCC(C(C)=O)C(=O)[O-].CCC[O][Sn+2][O]CCC. The van der Waals surface area contributed by atoms with Gasteiger partial charge in [-0.1, -0.05) is 65.2 Å². The number of aliphatic carboxylic acids is 2. The van der Waals surface area contributed by atoms with Crippen LogP contribution in [-0.4, -0.2) is 58.7 Å². The summed E-state index contributed by atoms with van der Waals surface area (Å²) < 4.78 is 10.5. The van der Waals surface area contributed by atoms with Crippen molar-refractivity contribution in [3.63, 3.8) is 0 Å². The molecule has 0 saturated carbocycles. The number of carbonyl (C=O) groups excluding carboxylic acids is 4. The molecule has 0 saturated heterocycles. The molecule has 2 atom stereocenters. The third-order valence-corrected chi connectivity index (χ3v) is 6.81. The van der Waals surface area contributed by atoms with Crippen LogP contribution >= 0.6 is 0 Å². The van der Waals surface area contributed by atoms with Crippen LogP contribution < -0.4 is 10.2 Å². The molecule has 0 aliphatic heterocycles. The second-order valence-electron chi connectivity index (χ2n) is 8.44. The van der Waals surface area contributed by atoms with E-state index in [0.29, 0.717) is 12.8 Å². The Hall–Kier alpha value is -1.00. The summed E-state index contributed by atoms with van der Waals surface area (Å²) >= 11 is -0.851.